The fraction of sp³-hybridized carbons (Fsp3) is 0.190. The first kappa shape index (κ1) is 21.4. The zero-order chi connectivity index (χ0) is 21.8. The van der Waals surface area contributed by atoms with Gasteiger partial charge in [0.25, 0.3) is 5.91 Å². The van der Waals surface area contributed by atoms with Crippen LogP contribution in [-0.4, -0.2) is 54.9 Å². The first-order valence-electron chi connectivity index (χ1n) is 9.51. The summed E-state index contributed by atoms with van der Waals surface area (Å²) < 4.78 is 32.4. The molecule has 0 aliphatic carbocycles. The minimum absolute atomic E-state index is 0.0652. The van der Waals surface area contributed by atoms with Crippen molar-refractivity contribution in [2.24, 2.45) is 0 Å². The zero-order valence-electron chi connectivity index (χ0n) is 16.4. The van der Waals surface area contributed by atoms with Gasteiger partial charge >= 0.3 is 0 Å². The van der Waals surface area contributed by atoms with Crippen molar-refractivity contribution < 1.29 is 17.9 Å². The number of hydrogen-bond acceptors (Lipinski definition) is 6. The Morgan fingerprint density at radius 3 is 2.39 bits per heavy atom. The van der Waals surface area contributed by atoms with Crippen molar-refractivity contribution in [3.8, 4) is 11.4 Å². The predicted octanol–water partition coefficient (Wildman–Crippen LogP) is 3.07. The Bertz CT molecular complexity index is 1180. The molecule has 0 atom stereocenters. The summed E-state index contributed by atoms with van der Waals surface area (Å²) >= 11 is 6.16. The molecule has 1 aromatic heterocycles. The van der Waals surface area contributed by atoms with Gasteiger partial charge in [-0.2, -0.15) is 4.31 Å². The smallest absolute Gasteiger partial charge is 0.258 e. The van der Waals surface area contributed by atoms with Gasteiger partial charge in [0.2, 0.25) is 10.0 Å². The van der Waals surface area contributed by atoms with Gasteiger partial charge in [0.15, 0.2) is 5.82 Å². The summed E-state index contributed by atoms with van der Waals surface area (Å²) in [6.45, 7) is 1.15. The Kier molecular flexibility index (Phi) is 6.28. The minimum atomic E-state index is -3.81. The summed E-state index contributed by atoms with van der Waals surface area (Å²) in [4.78, 5) is 21.0. The van der Waals surface area contributed by atoms with Crippen LogP contribution in [0.25, 0.3) is 11.4 Å². The van der Waals surface area contributed by atoms with Crippen LogP contribution < -0.4 is 5.32 Å². The average Bonchev–Trinajstić information content (AvgIpc) is 2.81. The molecule has 1 fully saturated rings. The number of sulfonamides is 1. The molecule has 0 spiro atoms. The molecular formula is C21H19ClN4O4S. The first-order chi connectivity index (χ1) is 14.9. The largest absolute Gasteiger partial charge is 0.379 e. The molecule has 0 radical (unpaired) electrons. The van der Waals surface area contributed by atoms with Gasteiger partial charge in [-0.3, -0.25) is 4.79 Å². The van der Waals surface area contributed by atoms with Crippen LogP contribution in [0.15, 0.2) is 65.8 Å². The molecule has 3 aromatic rings. The number of halogens is 1. The van der Waals surface area contributed by atoms with Crippen molar-refractivity contribution in [2.75, 3.05) is 31.6 Å². The maximum Gasteiger partial charge on any atom is 0.258 e. The van der Waals surface area contributed by atoms with Crippen LogP contribution in [0.2, 0.25) is 5.02 Å². The molecule has 8 nitrogen and oxygen atoms in total. The highest BCUT2D eigenvalue weighted by molar-refractivity contribution is 7.89. The third-order valence-electron chi connectivity index (χ3n) is 4.72. The monoisotopic (exact) mass is 458 g/mol. The maximum absolute atomic E-state index is 12.9. The number of rotatable bonds is 5. The van der Waals surface area contributed by atoms with Crippen molar-refractivity contribution in [3.63, 3.8) is 0 Å². The number of anilines is 1. The molecule has 2 heterocycles. The van der Waals surface area contributed by atoms with Gasteiger partial charge in [-0.1, -0.05) is 41.9 Å². The third kappa shape index (κ3) is 4.75. The first-order valence-corrected chi connectivity index (χ1v) is 11.3. The molecular weight excluding hydrogens is 440 g/mol. The lowest BCUT2D eigenvalue weighted by molar-refractivity contribution is 0.0730. The van der Waals surface area contributed by atoms with Gasteiger partial charge < -0.3 is 10.1 Å². The van der Waals surface area contributed by atoms with Gasteiger partial charge in [-0.05, 0) is 18.2 Å². The highest BCUT2D eigenvalue weighted by Crippen LogP contribution is 2.28. The lowest BCUT2D eigenvalue weighted by atomic mass is 10.2. The number of aromatic nitrogens is 2. The fourth-order valence-corrected chi connectivity index (χ4v) is 5.00. The molecule has 1 aliphatic rings. The van der Waals surface area contributed by atoms with Crippen molar-refractivity contribution in [3.05, 3.63) is 71.5 Å². The van der Waals surface area contributed by atoms with Crippen molar-refractivity contribution in [2.45, 2.75) is 4.90 Å². The van der Waals surface area contributed by atoms with Gasteiger partial charge in [0, 0.05) is 36.7 Å². The fourth-order valence-electron chi connectivity index (χ4n) is 3.09. The highest BCUT2D eigenvalue weighted by atomic mass is 35.5. The molecule has 2 aromatic carbocycles. The van der Waals surface area contributed by atoms with Crippen LogP contribution in [0.3, 0.4) is 0 Å². The Hall–Kier alpha value is -2.85. The summed E-state index contributed by atoms with van der Waals surface area (Å²) in [5.41, 5.74) is 1.38. The second-order valence-electron chi connectivity index (χ2n) is 6.78. The number of nitrogens with one attached hydrogen (secondary N) is 1. The van der Waals surface area contributed by atoms with E-state index in [-0.39, 0.29) is 28.6 Å². The Morgan fingerprint density at radius 2 is 1.71 bits per heavy atom. The van der Waals surface area contributed by atoms with Crippen LogP contribution in [0.5, 0.6) is 0 Å². The van der Waals surface area contributed by atoms with E-state index in [0.29, 0.717) is 24.7 Å². The second kappa shape index (κ2) is 9.11. The number of carbonyl (C=O) groups excluding carboxylic acids is 1. The van der Waals surface area contributed by atoms with Crippen LogP contribution in [-0.2, 0) is 14.8 Å². The number of morpholine rings is 1. The SMILES string of the molecule is O=C(Nc1ccc(Cl)c(S(=O)(=O)N2CCOCC2)c1)c1cnc(-c2ccccc2)nc1. The Balaban J connectivity index is 1.53. The van der Waals surface area contributed by atoms with Gasteiger partial charge in [0.05, 0.1) is 23.8 Å². The van der Waals surface area contributed by atoms with Crippen LogP contribution in [0.4, 0.5) is 5.69 Å². The Labute approximate surface area is 184 Å². The summed E-state index contributed by atoms with van der Waals surface area (Å²) in [7, 11) is -3.81. The molecule has 4 rings (SSSR count). The topological polar surface area (TPSA) is 101 Å². The van der Waals surface area contributed by atoms with Crippen molar-refractivity contribution in [1.82, 2.24) is 14.3 Å². The number of carbonyl (C=O) groups is 1. The maximum atomic E-state index is 12.9. The van der Waals surface area contributed by atoms with Crippen molar-refractivity contribution in [1.29, 1.82) is 0 Å². The number of nitrogens with zero attached hydrogens (tertiary/aromatic N) is 3. The van der Waals surface area contributed by atoms with E-state index in [2.05, 4.69) is 15.3 Å². The van der Waals surface area contributed by atoms with Crippen molar-refractivity contribution >= 4 is 33.2 Å². The molecule has 10 heteroatoms. The van der Waals surface area contributed by atoms with E-state index < -0.39 is 15.9 Å². The quantitative estimate of drug-likeness (QED) is 0.630. The molecule has 0 bridgehead atoms. The lowest BCUT2D eigenvalue weighted by Gasteiger charge is -2.26. The summed E-state index contributed by atoms with van der Waals surface area (Å²) in [5, 5.41) is 2.76. The minimum Gasteiger partial charge on any atom is -0.379 e. The number of benzene rings is 2. The average molecular weight is 459 g/mol. The van der Waals surface area contributed by atoms with E-state index >= 15 is 0 Å². The Morgan fingerprint density at radius 1 is 1.03 bits per heavy atom. The van der Waals surface area contributed by atoms with E-state index in [4.69, 9.17) is 16.3 Å². The van der Waals surface area contributed by atoms with Gasteiger partial charge in [0.1, 0.15) is 4.90 Å². The third-order valence-corrected chi connectivity index (χ3v) is 7.10. The number of ether oxygens (including phenoxy) is 1. The molecule has 1 saturated heterocycles. The van der Waals surface area contributed by atoms with Crippen LogP contribution >= 0.6 is 11.6 Å². The van der Waals surface area contributed by atoms with Crippen LogP contribution in [0, 0.1) is 0 Å². The number of amides is 1. The molecule has 0 unspecified atom stereocenters. The zero-order valence-corrected chi connectivity index (χ0v) is 17.9. The van der Waals surface area contributed by atoms with Crippen LogP contribution in [0.1, 0.15) is 10.4 Å². The van der Waals surface area contributed by atoms with E-state index in [1.807, 2.05) is 30.3 Å². The summed E-state index contributed by atoms with van der Waals surface area (Å²) in [6.07, 6.45) is 2.85. The molecule has 1 amide bonds. The highest BCUT2D eigenvalue weighted by Gasteiger charge is 2.28. The molecule has 0 saturated carbocycles. The predicted molar refractivity (Wildman–Crippen MR) is 116 cm³/mol. The second-order valence-corrected chi connectivity index (χ2v) is 9.09. The summed E-state index contributed by atoms with van der Waals surface area (Å²) in [6, 6.07) is 13.7. The van der Waals surface area contributed by atoms with E-state index in [1.54, 1.807) is 0 Å². The summed E-state index contributed by atoms with van der Waals surface area (Å²) in [5.74, 6) is 0.0409. The van der Waals surface area contributed by atoms with E-state index in [1.165, 1.54) is 34.9 Å². The van der Waals surface area contributed by atoms with E-state index in [9.17, 15) is 13.2 Å². The molecule has 1 aliphatic heterocycles. The normalized spacial score (nSPS) is 14.9. The van der Waals surface area contributed by atoms with Gasteiger partial charge in [-0.15, -0.1) is 0 Å². The molecule has 31 heavy (non-hydrogen) atoms. The lowest BCUT2D eigenvalue weighted by Crippen LogP contribution is -2.40. The molecule has 160 valence electrons. The number of hydrogen-bond donors (Lipinski definition) is 1. The van der Waals surface area contributed by atoms with E-state index in [0.717, 1.165) is 5.56 Å². The molecule has 1 N–H and O–H groups in total. The van der Waals surface area contributed by atoms with Gasteiger partial charge in [-0.25, -0.2) is 18.4 Å². The standard InChI is InChI=1S/C21H19ClN4O4S/c22-18-7-6-17(12-19(18)31(28,29)26-8-10-30-11-9-26)25-21(27)16-13-23-20(24-14-16)15-4-2-1-3-5-15/h1-7,12-14H,8-11H2,(H,25,27).